The van der Waals surface area contributed by atoms with Crippen LogP contribution in [0.25, 0.3) is 11.0 Å². The molecule has 0 aliphatic rings. The van der Waals surface area contributed by atoms with Crippen LogP contribution in [0.4, 0.5) is 16.2 Å². The van der Waals surface area contributed by atoms with Crippen molar-refractivity contribution in [2.45, 2.75) is 5.03 Å². The lowest BCUT2D eigenvalue weighted by molar-refractivity contribution is 0.257. The van der Waals surface area contributed by atoms with Gasteiger partial charge in [-0.1, -0.05) is 28.9 Å². The van der Waals surface area contributed by atoms with E-state index in [4.69, 9.17) is 16.1 Å². The zero-order valence-corrected chi connectivity index (χ0v) is 14.6. The first-order valence-corrected chi connectivity index (χ1v) is 8.29. The number of halogens is 1. The van der Waals surface area contributed by atoms with E-state index >= 15 is 0 Å². The number of benzene rings is 2. The average molecular weight is 363 g/mol. The smallest absolute Gasteiger partial charge is 0.329 e. The molecule has 2 amide bonds. The number of carbonyl (C=O) groups is 1. The molecule has 1 aromatic heterocycles. The molecule has 0 aliphatic heterocycles. The van der Waals surface area contributed by atoms with E-state index in [2.05, 4.69) is 15.2 Å². The Bertz CT molecular complexity index is 881. The van der Waals surface area contributed by atoms with Crippen LogP contribution in [0, 0.1) is 0 Å². The highest BCUT2D eigenvalue weighted by Crippen LogP contribution is 2.33. The number of carbonyl (C=O) groups excluding carboxylic acids is 1. The molecule has 0 saturated carbocycles. The van der Waals surface area contributed by atoms with E-state index in [0.717, 1.165) is 23.0 Å². The molecule has 0 radical (unpaired) electrons. The Morgan fingerprint density at radius 3 is 2.79 bits per heavy atom. The number of rotatable bonds is 4. The Labute approximate surface area is 148 Å². The van der Waals surface area contributed by atoms with E-state index in [0.29, 0.717) is 21.3 Å². The summed E-state index contributed by atoms with van der Waals surface area (Å²) in [5, 5.41) is 8.74. The van der Waals surface area contributed by atoms with Gasteiger partial charge in [0.2, 0.25) is 0 Å². The predicted octanol–water partition coefficient (Wildman–Crippen LogP) is 4.38. The largest absolute Gasteiger partial charge is 0.377 e. The lowest BCUT2D eigenvalue weighted by atomic mass is 10.2. The van der Waals surface area contributed by atoms with Crippen LogP contribution in [0.2, 0.25) is 5.02 Å². The normalized spacial score (nSPS) is 10.6. The first-order chi connectivity index (χ1) is 11.5. The number of urea groups is 1. The molecular formula is C16H15ClN4O2S. The summed E-state index contributed by atoms with van der Waals surface area (Å²) in [4.78, 5) is 14.0. The van der Waals surface area contributed by atoms with Crippen LogP contribution in [0.15, 0.2) is 52.0 Å². The molecule has 0 atom stereocenters. The van der Waals surface area contributed by atoms with Crippen LogP contribution in [0.1, 0.15) is 0 Å². The second-order valence-corrected chi connectivity index (χ2v) is 6.43. The number of hydrogen-bond acceptors (Lipinski definition) is 5. The van der Waals surface area contributed by atoms with Gasteiger partial charge in [-0.05, 0) is 30.3 Å². The third-order valence-electron chi connectivity index (χ3n) is 3.25. The maximum Gasteiger partial charge on any atom is 0.329 e. The summed E-state index contributed by atoms with van der Waals surface area (Å²) in [5.74, 6) is 0. The van der Waals surface area contributed by atoms with Gasteiger partial charge in [0.25, 0.3) is 0 Å². The van der Waals surface area contributed by atoms with Gasteiger partial charge in [-0.25, -0.2) is 4.79 Å². The van der Waals surface area contributed by atoms with Crippen LogP contribution >= 0.6 is 23.5 Å². The molecule has 1 heterocycles. The quantitative estimate of drug-likeness (QED) is 0.674. The van der Waals surface area contributed by atoms with Gasteiger partial charge in [-0.15, -0.1) is 0 Å². The number of nitrogens with zero attached hydrogens (tertiary/aromatic N) is 2. The standard InChI is InChI=1S/C16H15ClN4O2S/c1-21(2)12-7-4-8-13-14(12)15(19-23-13)24-20-16(22)18-11-6-3-5-10(17)9-11/h3-9H,1-2H3,(H2,18,20,22). The van der Waals surface area contributed by atoms with Crippen molar-refractivity contribution in [2.24, 2.45) is 0 Å². The number of aromatic nitrogens is 1. The van der Waals surface area contributed by atoms with Crippen molar-refractivity contribution in [2.75, 3.05) is 24.3 Å². The summed E-state index contributed by atoms with van der Waals surface area (Å²) in [6.07, 6.45) is 0. The van der Waals surface area contributed by atoms with Crippen molar-refractivity contribution in [1.82, 2.24) is 9.88 Å². The number of amides is 2. The lowest BCUT2D eigenvalue weighted by Crippen LogP contribution is -2.22. The number of hydrogen-bond donors (Lipinski definition) is 2. The van der Waals surface area contributed by atoms with E-state index < -0.39 is 0 Å². The Morgan fingerprint density at radius 1 is 1.25 bits per heavy atom. The van der Waals surface area contributed by atoms with Crippen LogP contribution in [0.5, 0.6) is 0 Å². The minimum absolute atomic E-state index is 0.374. The maximum absolute atomic E-state index is 12.0. The fourth-order valence-corrected chi connectivity index (χ4v) is 3.02. The van der Waals surface area contributed by atoms with E-state index in [1.165, 1.54) is 0 Å². The van der Waals surface area contributed by atoms with E-state index in [-0.39, 0.29) is 6.03 Å². The maximum atomic E-state index is 12.0. The average Bonchev–Trinajstić information content (AvgIpc) is 2.96. The van der Waals surface area contributed by atoms with Crippen molar-refractivity contribution in [1.29, 1.82) is 0 Å². The van der Waals surface area contributed by atoms with Crippen molar-refractivity contribution >= 4 is 51.9 Å². The molecule has 3 rings (SSSR count). The van der Waals surface area contributed by atoms with Crippen molar-refractivity contribution in [3.63, 3.8) is 0 Å². The van der Waals surface area contributed by atoms with Gasteiger partial charge < -0.3 is 14.7 Å². The van der Waals surface area contributed by atoms with Crippen LogP contribution in [-0.2, 0) is 0 Å². The summed E-state index contributed by atoms with van der Waals surface area (Å²) in [5.41, 5.74) is 2.24. The van der Waals surface area contributed by atoms with Gasteiger partial charge in [0.15, 0.2) is 10.6 Å². The number of anilines is 2. The van der Waals surface area contributed by atoms with Gasteiger partial charge in [-0.3, -0.25) is 4.72 Å². The molecule has 2 aromatic carbocycles. The topological polar surface area (TPSA) is 70.4 Å². The minimum atomic E-state index is -0.374. The molecule has 6 nitrogen and oxygen atoms in total. The number of fused-ring (bicyclic) bond motifs is 1. The molecule has 0 fully saturated rings. The van der Waals surface area contributed by atoms with Crippen LogP contribution in [0.3, 0.4) is 0 Å². The Hall–Kier alpha value is -2.38. The van der Waals surface area contributed by atoms with Gasteiger partial charge in [0.1, 0.15) is 0 Å². The second-order valence-electron chi connectivity index (χ2n) is 5.20. The van der Waals surface area contributed by atoms with E-state index in [9.17, 15) is 4.79 Å². The minimum Gasteiger partial charge on any atom is -0.377 e. The molecule has 2 N–H and O–H groups in total. The molecule has 3 aromatic rings. The van der Waals surface area contributed by atoms with Gasteiger partial charge in [0.05, 0.1) is 11.1 Å². The van der Waals surface area contributed by atoms with Gasteiger partial charge in [0, 0.05) is 36.8 Å². The molecule has 8 heteroatoms. The molecule has 0 bridgehead atoms. The molecule has 24 heavy (non-hydrogen) atoms. The van der Waals surface area contributed by atoms with Crippen molar-refractivity contribution in [3.05, 3.63) is 47.5 Å². The monoisotopic (exact) mass is 362 g/mol. The van der Waals surface area contributed by atoms with E-state index in [1.54, 1.807) is 24.3 Å². The first kappa shape index (κ1) is 16.5. The lowest BCUT2D eigenvalue weighted by Gasteiger charge is -2.13. The molecular weight excluding hydrogens is 348 g/mol. The fourth-order valence-electron chi connectivity index (χ4n) is 2.21. The highest BCUT2D eigenvalue weighted by Gasteiger charge is 2.15. The van der Waals surface area contributed by atoms with Crippen molar-refractivity contribution < 1.29 is 9.32 Å². The van der Waals surface area contributed by atoms with Gasteiger partial charge in [-0.2, -0.15) is 0 Å². The van der Waals surface area contributed by atoms with E-state index in [1.807, 2.05) is 37.2 Å². The third-order valence-corrected chi connectivity index (χ3v) is 4.24. The summed E-state index contributed by atoms with van der Waals surface area (Å²) in [7, 11) is 3.88. The summed E-state index contributed by atoms with van der Waals surface area (Å²) < 4.78 is 8.01. The Morgan fingerprint density at radius 2 is 2.04 bits per heavy atom. The predicted molar refractivity (Wildman–Crippen MR) is 97.8 cm³/mol. The Balaban J connectivity index is 1.73. The number of nitrogens with one attached hydrogen (secondary N) is 2. The summed E-state index contributed by atoms with van der Waals surface area (Å²) in [6.45, 7) is 0. The molecule has 0 saturated heterocycles. The SMILES string of the molecule is CN(C)c1cccc2onc(SNC(=O)Nc3cccc(Cl)c3)c12. The zero-order valence-electron chi connectivity index (χ0n) is 13.0. The zero-order chi connectivity index (χ0) is 17.1. The molecule has 0 unspecified atom stereocenters. The third kappa shape index (κ3) is 3.58. The van der Waals surface area contributed by atoms with Crippen molar-refractivity contribution in [3.8, 4) is 0 Å². The summed E-state index contributed by atoms with van der Waals surface area (Å²) in [6, 6.07) is 12.3. The molecule has 124 valence electrons. The fraction of sp³-hybridized carbons (Fsp3) is 0.125. The summed E-state index contributed by atoms with van der Waals surface area (Å²) >= 11 is 6.99. The van der Waals surface area contributed by atoms with Gasteiger partial charge >= 0.3 is 6.03 Å². The first-order valence-electron chi connectivity index (χ1n) is 7.10. The molecule has 0 aliphatic carbocycles. The van der Waals surface area contributed by atoms with Crippen LogP contribution in [-0.4, -0.2) is 25.3 Å². The van der Waals surface area contributed by atoms with Crippen LogP contribution < -0.4 is 14.9 Å². The second kappa shape index (κ2) is 7.02. The highest BCUT2D eigenvalue weighted by atomic mass is 35.5. The highest BCUT2D eigenvalue weighted by molar-refractivity contribution is 7.98. The molecule has 0 spiro atoms. The Kier molecular flexibility index (Phi) is 4.82.